The topological polar surface area (TPSA) is 44.8 Å². The Morgan fingerprint density at radius 2 is 1.83 bits per heavy atom. The van der Waals surface area contributed by atoms with Crippen molar-refractivity contribution in [3.05, 3.63) is 61.0 Å². The molecule has 0 aromatic heterocycles. The fraction of sp³-hybridized carbons (Fsp3) is 0.333. The van der Waals surface area contributed by atoms with E-state index in [-0.39, 0.29) is 6.61 Å². The summed E-state index contributed by atoms with van der Waals surface area (Å²) < 4.78 is 5.17. The van der Waals surface area contributed by atoms with Crippen LogP contribution < -0.4 is 5.19 Å². The largest absolute Gasteiger partial charge is 0.378 e. The summed E-state index contributed by atoms with van der Waals surface area (Å²) in [4.78, 5) is 21.3. The number of hydrogen-bond acceptors (Lipinski definition) is 4. The van der Waals surface area contributed by atoms with Gasteiger partial charge in [0.1, 0.15) is 8.07 Å². The Morgan fingerprint density at radius 3 is 2.35 bits per heavy atom. The second kappa shape index (κ2) is 10.2. The van der Waals surface area contributed by atoms with Crippen molar-refractivity contribution >= 4 is 19.2 Å². The highest BCUT2D eigenvalue weighted by atomic mass is 28.3. The molecule has 0 amide bonds. The first kappa shape index (κ1) is 19.4. The summed E-state index contributed by atoms with van der Waals surface area (Å²) in [5.41, 5.74) is 4.44. The van der Waals surface area contributed by atoms with Gasteiger partial charge in [-0.2, -0.15) is 4.89 Å². The van der Waals surface area contributed by atoms with Crippen molar-refractivity contribution in [3.8, 4) is 0 Å². The Balaban J connectivity index is 2.57. The van der Waals surface area contributed by atoms with E-state index < -0.39 is 14.0 Å². The van der Waals surface area contributed by atoms with Crippen molar-refractivity contribution in [3.63, 3.8) is 0 Å². The van der Waals surface area contributed by atoms with E-state index in [1.807, 2.05) is 30.5 Å². The lowest BCUT2D eigenvalue weighted by molar-refractivity contribution is -0.218. The quantitative estimate of drug-likeness (QED) is 0.269. The first-order valence-electron chi connectivity index (χ1n) is 7.78. The lowest BCUT2D eigenvalue weighted by Crippen LogP contribution is -2.43. The van der Waals surface area contributed by atoms with Crippen LogP contribution in [0.4, 0.5) is 0 Å². The molecule has 0 bridgehead atoms. The van der Waals surface area contributed by atoms with Crippen LogP contribution in [0.15, 0.2) is 48.8 Å². The van der Waals surface area contributed by atoms with E-state index in [2.05, 4.69) is 20.1 Å². The van der Waals surface area contributed by atoms with Gasteiger partial charge in [0, 0.05) is 6.61 Å². The first-order chi connectivity index (χ1) is 11.1. The maximum Gasteiger partial charge on any atom is 0.373 e. The molecular weight excluding hydrogens is 308 g/mol. The van der Waals surface area contributed by atoms with E-state index >= 15 is 0 Å². The van der Waals surface area contributed by atoms with Gasteiger partial charge in [-0.15, -0.1) is 13.2 Å². The summed E-state index contributed by atoms with van der Waals surface area (Å²) in [7, 11) is -1.87. The average Bonchev–Trinajstić information content (AvgIpc) is 2.60. The second-order valence-corrected chi connectivity index (χ2v) is 9.27. The Labute approximate surface area is 139 Å². The normalized spacial score (nSPS) is 11.0. The monoisotopic (exact) mass is 333 g/mol. The Morgan fingerprint density at radius 1 is 1.17 bits per heavy atom. The zero-order chi connectivity index (χ0) is 17.1. The molecule has 0 fully saturated rings. The minimum Gasteiger partial charge on any atom is -0.378 e. The fourth-order valence-electron chi connectivity index (χ4n) is 2.16. The van der Waals surface area contributed by atoms with Crippen molar-refractivity contribution in [2.75, 3.05) is 13.2 Å². The van der Waals surface area contributed by atoms with Crippen LogP contribution in [0, 0.1) is 6.61 Å². The van der Waals surface area contributed by atoms with Crippen molar-refractivity contribution in [2.45, 2.75) is 26.3 Å². The molecule has 0 N–H and O–H groups in total. The molecule has 1 aromatic rings. The lowest BCUT2D eigenvalue weighted by Gasteiger charge is -2.23. The molecule has 0 aliphatic heterocycles. The standard InChI is InChI=1S/C18H25O4Si/c1-5-13-20-14-15-21-22-18(19)16-9-11-17(12-10-16)23(6-2,7-3)8-4/h6-7,9-12,15H,2-3,5,8,13-14H2,1,4H3. The average molecular weight is 333 g/mol. The van der Waals surface area contributed by atoms with Gasteiger partial charge in [0.15, 0.2) is 6.61 Å². The molecule has 0 unspecified atom stereocenters. The predicted octanol–water partition coefficient (Wildman–Crippen LogP) is 3.49. The molecule has 0 aliphatic rings. The van der Waals surface area contributed by atoms with E-state index in [1.165, 1.54) is 11.8 Å². The molecule has 4 nitrogen and oxygen atoms in total. The summed E-state index contributed by atoms with van der Waals surface area (Å²) in [6, 6.07) is 8.32. The molecule has 1 aromatic carbocycles. The molecule has 0 heterocycles. The van der Waals surface area contributed by atoms with E-state index in [0.717, 1.165) is 12.5 Å². The van der Waals surface area contributed by atoms with Crippen molar-refractivity contribution < 1.29 is 19.3 Å². The highest BCUT2D eigenvalue weighted by Crippen LogP contribution is 2.13. The predicted molar refractivity (Wildman–Crippen MR) is 94.6 cm³/mol. The van der Waals surface area contributed by atoms with Gasteiger partial charge in [0.25, 0.3) is 0 Å². The summed E-state index contributed by atoms with van der Waals surface area (Å²) in [6.45, 7) is 14.3. The molecule has 0 saturated heterocycles. The summed E-state index contributed by atoms with van der Waals surface area (Å²) in [5, 5.41) is 1.17. The smallest absolute Gasteiger partial charge is 0.373 e. The lowest BCUT2D eigenvalue weighted by atomic mass is 10.2. The van der Waals surface area contributed by atoms with Gasteiger partial charge in [-0.1, -0.05) is 42.6 Å². The van der Waals surface area contributed by atoms with Gasteiger partial charge in [0.05, 0.1) is 12.2 Å². The van der Waals surface area contributed by atoms with E-state index in [0.29, 0.717) is 12.2 Å². The highest BCUT2D eigenvalue weighted by Gasteiger charge is 2.26. The van der Waals surface area contributed by atoms with Crippen LogP contribution in [0.5, 0.6) is 0 Å². The number of benzene rings is 1. The number of rotatable bonds is 11. The molecule has 1 rings (SSSR count). The van der Waals surface area contributed by atoms with E-state index in [1.54, 1.807) is 12.1 Å². The van der Waals surface area contributed by atoms with Crippen LogP contribution in [0.1, 0.15) is 30.6 Å². The third-order valence-electron chi connectivity index (χ3n) is 3.70. The van der Waals surface area contributed by atoms with Gasteiger partial charge in [-0.25, -0.2) is 4.79 Å². The van der Waals surface area contributed by atoms with Crippen molar-refractivity contribution in [1.29, 1.82) is 0 Å². The van der Waals surface area contributed by atoms with Gasteiger partial charge >= 0.3 is 5.97 Å². The van der Waals surface area contributed by atoms with Crippen LogP contribution in [-0.2, 0) is 14.5 Å². The van der Waals surface area contributed by atoms with Crippen LogP contribution in [0.2, 0.25) is 6.04 Å². The number of carbonyl (C=O) groups is 1. The van der Waals surface area contributed by atoms with Gasteiger partial charge in [0.2, 0.25) is 0 Å². The molecule has 23 heavy (non-hydrogen) atoms. The molecule has 125 valence electrons. The van der Waals surface area contributed by atoms with Crippen LogP contribution >= 0.6 is 0 Å². The minimum absolute atomic E-state index is 0.281. The molecule has 0 saturated carbocycles. The van der Waals surface area contributed by atoms with Gasteiger partial charge in [-0.05, 0) is 24.6 Å². The molecular formula is C18H25O4Si. The molecule has 5 heteroatoms. The SMILES string of the molecule is C=C[Si](C=C)(CC)c1ccc(C(=O)OO[CH]COCCC)cc1. The third kappa shape index (κ3) is 5.46. The first-order valence-corrected chi connectivity index (χ1v) is 10.1. The van der Waals surface area contributed by atoms with Crippen LogP contribution in [0.25, 0.3) is 0 Å². The minimum atomic E-state index is -1.87. The zero-order valence-electron chi connectivity index (χ0n) is 13.9. The van der Waals surface area contributed by atoms with Crippen LogP contribution in [-0.4, -0.2) is 27.3 Å². The molecule has 1 radical (unpaired) electrons. The molecule has 0 spiro atoms. The summed E-state index contributed by atoms with van der Waals surface area (Å²) in [5.74, 6) is -0.538. The highest BCUT2D eigenvalue weighted by molar-refractivity contribution is 6.99. The number of hydrogen-bond donors (Lipinski definition) is 0. The molecule has 0 atom stereocenters. The van der Waals surface area contributed by atoms with E-state index in [4.69, 9.17) is 14.5 Å². The van der Waals surface area contributed by atoms with Crippen molar-refractivity contribution in [2.24, 2.45) is 0 Å². The Bertz CT molecular complexity index is 502. The van der Waals surface area contributed by atoms with Crippen molar-refractivity contribution in [1.82, 2.24) is 0 Å². The number of carbonyl (C=O) groups excluding carboxylic acids is 1. The maximum atomic E-state index is 11.9. The third-order valence-corrected chi connectivity index (χ3v) is 7.73. The van der Waals surface area contributed by atoms with Gasteiger partial charge in [-0.3, -0.25) is 4.89 Å². The molecule has 0 aliphatic carbocycles. The Kier molecular flexibility index (Phi) is 8.54. The number of ether oxygens (including phenoxy) is 1. The zero-order valence-corrected chi connectivity index (χ0v) is 14.9. The summed E-state index contributed by atoms with van der Waals surface area (Å²) in [6.07, 6.45) is 0.929. The van der Waals surface area contributed by atoms with E-state index in [9.17, 15) is 4.79 Å². The van der Waals surface area contributed by atoms with Gasteiger partial charge < -0.3 is 4.74 Å². The fourth-order valence-corrected chi connectivity index (χ4v) is 4.57. The second-order valence-electron chi connectivity index (χ2n) is 5.09. The Hall–Kier alpha value is -1.69. The summed E-state index contributed by atoms with van der Waals surface area (Å²) >= 11 is 0. The van der Waals surface area contributed by atoms with Crippen LogP contribution in [0.3, 0.4) is 0 Å². The maximum absolute atomic E-state index is 11.9.